The topological polar surface area (TPSA) is 70.6 Å². The highest BCUT2D eigenvalue weighted by Crippen LogP contribution is 2.19. The van der Waals surface area contributed by atoms with E-state index in [1.54, 1.807) is 12.1 Å². The monoisotopic (exact) mass is 310 g/mol. The highest BCUT2D eigenvalue weighted by atomic mass is 19.1. The second-order valence-corrected chi connectivity index (χ2v) is 5.58. The van der Waals surface area contributed by atoms with E-state index in [-0.39, 0.29) is 17.8 Å². The van der Waals surface area contributed by atoms with Crippen LogP contribution in [-0.4, -0.2) is 36.9 Å². The average Bonchev–Trinajstić information content (AvgIpc) is 2.51. The van der Waals surface area contributed by atoms with Gasteiger partial charge in [0.2, 0.25) is 0 Å². The van der Waals surface area contributed by atoms with Crippen LogP contribution < -0.4 is 15.4 Å². The van der Waals surface area contributed by atoms with Gasteiger partial charge in [-0.05, 0) is 37.0 Å². The summed E-state index contributed by atoms with van der Waals surface area (Å²) in [4.78, 5) is 11.8. The number of carbonyl (C=O) groups excluding carboxylic acids is 1. The van der Waals surface area contributed by atoms with Crippen molar-refractivity contribution in [3.8, 4) is 5.75 Å². The second-order valence-electron chi connectivity index (χ2n) is 5.58. The average molecular weight is 310 g/mol. The number of ether oxygens (including phenoxy) is 1. The van der Waals surface area contributed by atoms with Crippen LogP contribution in [-0.2, 0) is 6.42 Å². The van der Waals surface area contributed by atoms with Crippen molar-refractivity contribution in [3.05, 3.63) is 29.6 Å². The molecule has 0 aliphatic heterocycles. The number of methoxy groups -OCH3 is 1. The molecule has 5 nitrogen and oxygen atoms in total. The van der Waals surface area contributed by atoms with Crippen LogP contribution in [0.1, 0.15) is 31.2 Å². The van der Waals surface area contributed by atoms with Crippen LogP contribution in [0.25, 0.3) is 0 Å². The lowest BCUT2D eigenvalue weighted by Gasteiger charge is -2.28. The standard InChI is InChI=1S/C16H23FN2O3/c1-22-15-10-11(6-7-12(15)17)8-9-18-16(21)19-13-4-2-3-5-14(13)20/h6-7,10,13-14,20H,2-5,8-9H2,1H3,(H2,18,19,21). The van der Waals surface area contributed by atoms with Gasteiger partial charge >= 0.3 is 6.03 Å². The van der Waals surface area contributed by atoms with Crippen LogP contribution >= 0.6 is 0 Å². The number of rotatable bonds is 5. The number of amides is 2. The number of aliphatic hydroxyl groups is 1. The Balaban J connectivity index is 1.74. The third-order valence-electron chi connectivity index (χ3n) is 3.96. The van der Waals surface area contributed by atoms with E-state index in [2.05, 4.69) is 10.6 Å². The largest absolute Gasteiger partial charge is 0.494 e. The van der Waals surface area contributed by atoms with Crippen molar-refractivity contribution in [1.82, 2.24) is 10.6 Å². The number of benzene rings is 1. The zero-order valence-corrected chi connectivity index (χ0v) is 12.8. The van der Waals surface area contributed by atoms with E-state index in [0.717, 1.165) is 31.2 Å². The number of aliphatic hydroxyl groups excluding tert-OH is 1. The summed E-state index contributed by atoms with van der Waals surface area (Å²) >= 11 is 0. The first-order chi connectivity index (χ1) is 10.6. The Hall–Kier alpha value is -1.82. The number of halogens is 1. The normalized spacial score (nSPS) is 21.2. The van der Waals surface area contributed by atoms with Crippen molar-refractivity contribution in [1.29, 1.82) is 0 Å². The van der Waals surface area contributed by atoms with Crippen molar-refractivity contribution in [3.63, 3.8) is 0 Å². The molecule has 3 N–H and O–H groups in total. The SMILES string of the molecule is COc1cc(CCNC(=O)NC2CCCCC2O)ccc1F. The summed E-state index contributed by atoms with van der Waals surface area (Å²) in [6, 6.07) is 4.20. The summed E-state index contributed by atoms with van der Waals surface area (Å²) in [6.45, 7) is 0.434. The minimum atomic E-state index is -0.458. The zero-order chi connectivity index (χ0) is 15.9. The van der Waals surface area contributed by atoms with Crippen molar-refractivity contribution in [2.45, 2.75) is 44.2 Å². The van der Waals surface area contributed by atoms with Gasteiger partial charge in [-0.2, -0.15) is 0 Å². The maximum Gasteiger partial charge on any atom is 0.315 e. The number of carbonyl (C=O) groups is 1. The molecule has 6 heteroatoms. The van der Waals surface area contributed by atoms with Crippen molar-refractivity contribution >= 4 is 6.03 Å². The molecule has 1 aliphatic carbocycles. The van der Waals surface area contributed by atoms with Crippen molar-refractivity contribution in [2.24, 2.45) is 0 Å². The Morgan fingerprint density at radius 1 is 1.41 bits per heavy atom. The highest BCUT2D eigenvalue weighted by molar-refractivity contribution is 5.74. The molecule has 2 atom stereocenters. The third kappa shape index (κ3) is 4.59. The number of nitrogens with one attached hydrogen (secondary N) is 2. The molecule has 1 fully saturated rings. The van der Waals surface area contributed by atoms with Gasteiger partial charge in [-0.1, -0.05) is 18.9 Å². The summed E-state index contributed by atoms with van der Waals surface area (Å²) in [7, 11) is 1.42. The first-order valence-corrected chi connectivity index (χ1v) is 7.65. The molecule has 2 amide bonds. The minimum Gasteiger partial charge on any atom is -0.494 e. The molecule has 1 aliphatic rings. The fourth-order valence-electron chi connectivity index (χ4n) is 2.68. The van der Waals surface area contributed by atoms with E-state index in [9.17, 15) is 14.3 Å². The van der Waals surface area contributed by atoms with E-state index in [1.165, 1.54) is 13.2 Å². The Kier molecular flexibility index (Phi) is 6.00. The van der Waals surface area contributed by atoms with Gasteiger partial charge in [0.15, 0.2) is 11.6 Å². The maximum absolute atomic E-state index is 13.3. The lowest BCUT2D eigenvalue weighted by atomic mass is 9.93. The smallest absolute Gasteiger partial charge is 0.315 e. The zero-order valence-electron chi connectivity index (χ0n) is 12.8. The molecule has 0 aromatic heterocycles. The summed E-state index contributed by atoms with van der Waals surface area (Å²) < 4.78 is 18.2. The molecule has 0 spiro atoms. The predicted molar refractivity (Wildman–Crippen MR) is 81.5 cm³/mol. The van der Waals surface area contributed by atoms with Crippen molar-refractivity contribution < 1.29 is 19.0 Å². The van der Waals surface area contributed by atoms with Gasteiger partial charge in [0.25, 0.3) is 0 Å². The fourth-order valence-corrected chi connectivity index (χ4v) is 2.68. The van der Waals surface area contributed by atoms with Gasteiger partial charge in [-0.3, -0.25) is 0 Å². The number of urea groups is 1. The summed E-state index contributed by atoms with van der Waals surface area (Å²) in [5, 5.41) is 15.4. The van der Waals surface area contributed by atoms with Gasteiger partial charge in [0.05, 0.1) is 19.3 Å². The molecule has 1 aromatic carbocycles. The molecular formula is C16H23FN2O3. The van der Waals surface area contributed by atoms with E-state index < -0.39 is 11.9 Å². The lowest BCUT2D eigenvalue weighted by Crippen LogP contribution is -2.49. The van der Waals surface area contributed by atoms with E-state index in [1.807, 2.05) is 0 Å². The minimum absolute atomic E-state index is 0.167. The highest BCUT2D eigenvalue weighted by Gasteiger charge is 2.24. The first-order valence-electron chi connectivity index (χ1n) is 7.65. The number of hydrogen-bond acceptors (Lipinski definition) is 3. The van der Waals surface area contributed by atoms with Crippen LogP contribution in [0.5, 0.6) is 5.75 Å². The van der Waals surface area contributed by atoms with Crippen LogP contribution in [0, 0.1) is 5.82 Å². The molecule has 2 rings (SSSR count). The molecule has 1 aromatic rings. The number of hydrogen-bond donors (Lipinski definition) is 3. The van der Waals surface area contributed by atoms with Gasteiger partial charge in [0, 0.05) is 6.54 Å². The Morgan fingerprint density at radius 2 is 2.18 bits per heavy atom. The maximum atomic E-state index is 13.3. The Bertz CT molecular complexity index is 510. The summed E-state index contributed by atoms with van der Waals surface area (Å²) in [5.74, 6) is -0.199. The molecule has 22 heavy (non-hydrogen) atoms. The second kappa shape index (κ2) is 7.98. The fraction of sp³-hybridized carbons (Fsp3) is 0.562. The van der Waals surface area contributed by atoms with E-state index in [4.69, 9.17) is 4.74 Å². The summed E-state index contributed by atoms with van der Waals surface area (Å²) in [6.07, 6.45) is 3.70. The molecule has 0 saturated heterocycles. The molecule has 0 radical (unpaired) electrons. The van der Waals surface area contributed by atoms with Gasteiger partial charge in [0.1, 0.15) is 0 Å². The summed E-state index contributed by atoms with van der Waals surface area (Å²) in [5.41, 5.74) is 0.885. The molecule has 1 saturated carbocycles. The van der Waals surface area contributed by atoms with Gasteiger partial charge in [-0.25, -0.2) is 9.18 Å². The van der Waals surface area contributed by atoms with Crippen LogP contribution in [0.15, 0.2) is 18.2 Å². The quantitative estimate of drug-likeness (QED) is 0.779. The van der Waals surface area contributed by atoms with Crippen LogP contribution in [0.3, 0.4) is 0 Å². The molecular weight excluding hydrogens is 287 g/mol. The van der Waals surface area contributed by atoms with E-state index in [0.29, 0.717) is 13.0 Å². The third-order valence-corrected chi connectivity index (χ3v) is 3.96. The molecule has 0 heterocycles. The van der Waals surface area contributed by atoms with Crippen molar-refractivity contribution in [2.75, 3.05) is 13.7 Å². The molecule has 2 unspecified atom stereocenters. The van der Waals surface area contributed by atoms with Crippen LogP contribution in [0.2, 0.25) is 0 Å². The lowest BCUT2D eigenvalue weighted by molar-refractivity contribution is 0.0943. The van der Waals surface area contributed by atoms with Gasteiger partial charge < -0.3 is 20.5 Å². The van der Waals surface area contributed by atoms with Gasteiger partial charge in [-0.15, -0.1) is 0 Å². The Morgan fingerprint density at radius 3 is 2.91 bits per heavy atom. The molecule has 122 valence electrons. The Labute approximate surface area is 129 Å². The van der Waals surface area contributed by atoms with Crippen LogP contribution in [0.4, 0.5) is 9.18 Å². The first kappa shape index (κ1) is 16.5. The predicted octanol–water partition coefficient (Wildman–Crippen LogP) is 1.98. The van der Waals surface area contributed by atoms with E-state index >= 15 is 0 Å². The molecule has 0 bridgehead atoms.